The summed E-state index contributed by atoms with van der Waals surface area (Å²) in [6.45, 7) is 3.72. The number of aryl methyl sites for hydroxylation is 2. The molecule has 122 valence electrons. The van der Waals surface area contributed by atoms with Crippen molar-refractivity contribution in [2.45, 2.75) is 32.9 Å². The third-order valence-corrected chi connectivity index (χ3v) is 3.82. The molecule has 0 aliphatic rings. The molecule has 0 aromatic carbocycles. The van der Waals surface area contributed by atoms with E-state index in [2.05, 4.69) is 15.6 Å². The summed E-state index contributed by atoms with van der Waals surface area (Å²) in [6.07, 6.45) is 2.38. The molecular weight excluding hydrogens is 304 g/mol. The van der Waals surface area contributed by atoms with Crippen molar-refractivity contribution < 1.29 is 9.59 Å². The molecule has 1 aromatic heterocycles. The number of rotatable bonds is 7. The van der Waals surface area contributed by atoms with E-state index in [9.17, 15) is 14.4 Å². The predicted molar refractivity (Wildman–Crippen MR) is 87.9 cm³/mol. The van der Waals surface area contributed by atoms with E-state index >= 15 is 0 Å². The Hall–Kier alpha value is -1.96. The van der Waals surface area contributed by atoms with Gasteiger partial charge >= 0.3 is 6.03 Å². The Labute approximate surface area is 133 Å². The van der Waals surface area contributed by atoms with E-state index in [0.29, 0.717) is 17.7 Å². The fraction of sp³-hybridized carbons (Fsp3) is 0.500. The maximum atomic E-state index is 12.1. The van der Waals surface area contributed by atoms with E-state index in [1.165, 1.54) is 0 Å². The van der Waals surface area contributed by atoms with E-state index in [0.717, 1.165) is 11.3 Å². The number of H-pyrrole nitrogens is 1. The van der Waals surface area contributed by atoms with E-state index in [1.807, 2.05) is 19.2 Å². The number of aromatic nitrogens is 1. The van der Waals surface area contributed by atoms with Crippen LogP contribution in [0.5, 0.6) is 0 Å². The molecule has 0 radical (unpaired) electrons. The second kappa shape index (κ2) is 8.47. The molecular formula is C14H22N4O3S. The van der Waals surface area contributed by atoms with Crippen LogP contribution >= 0.6 is 11.8 Å². The van der Waals surface area contributed by atoms with Gasteiger partial charge in [0, 0.05) is 17.8 Å². The molecule has 3 amide bonds. The number of nitrogens with two attached hydrogens (primary N) is 1. The fourth-order valence-corrected chi connectivity index (χ4v) is 2.55. The molecule has 0 spiro atoms. The molecule has 1 heterocycles. The summed E-state index contributed by atoms with van der Waals surface area (Å²) < 4.78 is 0. The number of hydrogen-bond donors (Lipinski definition) is 4. The van der Waals surface area contributed by atoms with Gasteiger partial charge in [0.1, 0.15) is 6.04 Å². The maximum absolute atomic E-state index is 12.1. The first-order valence-corrected chi connectivity index (χ1v) is 8.26. The van der Waals surface area contributed by atoms with Gasteiger partial charge < -0.3 is 21.4 Å². The lowest BCUT2D eigenvalue weighted by Gasteiger charge is -2.17. The summed E-state index contributed by atoms with van der Waals surface area (Å²) in [6, 6.07) is 0.399. The zero-order chi connectivity index (χ0) is 16.7. The first-order valence-electron chi connectivity index (χ1n) is 6.87. The lowest BCUT2D eigenvalue weighted by atomic mass is 10.1. The van der Waals surface area contributed by atoms with Crippen LogP contribution in [0.1, 0.15) is 23.2 Å². The molecule has 7 nitrogen and oxygen atoms in total. The molecule has 0 bridgehead atoms. The highest BCUT2D eigenvalue weighted by molar-refractivity contribution is 7.98. The van der Waals surface area contributed by atoms with Crippen molar-refractivity contribution in [3.63, 3.8) is 0 Å². The Kier molecular flexibility index (Phi) is 6.97. The minimum Gasteiger partial charge on any atom is -0.352 e. The van der Waals surface area contributed by atoms with Gasteiger partial charge in [-0.25, -0.2) is 4.79 Å². The largest absolute Gasteiger partial charge is 0.352 e. The lowest BCUT2D eigenvalue weighted by Crippen LogP contribution is -2.49. The number of pyridine rings is 1. The second-order valence-electron chi connectivity index (χ2n) is 5.00. The highest BCUT2D eigenvalue weighted by Crippen LogP contribution is 2.04. The van der Waals surface area contributed by atoms with Gasteiger partial charge in [0.05, 0.1) is 0 Å². The normalized spacial score (nSPS) is 11.8. The second-order valence-corrected chi connectivity index (χ2v) is 5.99. The lowest BCUT2D eigenvalue weighted by molar-refractivity contribution is -0.123. The fourth-order valence-electron chi connectivity index (χ4n) is 2.08. The molecule has 0 saturated heterocycles. The maximum Gasteiger partial charge on any atom is 0.312 e. The number of nitrogens with one attached hydrogen (secondary N) is 3. The Morgan fingerprint density at radius 1 is 1.41 bits per heavy atom. The van der Waals surface area contributed by atoms with Crippen molar-refractivity contribution in [3.05, 3.63) is 33.2 Å². The van der Waals surface area contributed by atoms with E-state index in [4.69, 9.17) is 5.73 Å². The Balaban J connectivity index is 2.74. The predicted octanol–water partition coefficient (Wildman–Crippen LogP) is 0.398. The number of carbonyl (C=O) groups is 2. The van der Waals surface area contributed by atoms with Crippen molar-refractivity contribution in [3.8, 4) is 0 Å². The first kappa shape index (κ1) is 18.1. The van der Waals surface area contributed by atoms with Crippen LogP contribution in [0.4, 0.5) is 4.79 Å². The Bertz CT molecular complexity index is 600. The van der Waals surface area contributed by atoms with Gasteiger partial charge in [-0.2, -0.15) is 11.8 Å². The van der Waals surface area contributed by atoms with Crippen molar-refractivity contribution in [1.82, 2.24) is 15.6 Å². The van der Waals surface area contributed by atoms with Gasteiger partial charge in [-0.05, 0) is 43.9 Å². The van der Waals surface area contributed by atoms with Crippen molar-refractivity contribution in [2.24, 2.45) is 5.73 Å². The molecule has 1 atom stereocenters. The van der Waals surface area contributed by atoms with Crippen molar-refractivity contribution >= 4 is 23.7 Å². The van der Waals surface area contributed by atoms with Crippen LogP contribution in [0.25, 0.3) is 0 Å². The molecule has 1 rings (SSSR count). The number of aromatic amines is 1. The van der Waals surface area contributed by atoms with E-state index in [-0.39, 0.29) is 18.0 Å². The monoisotopic (exact) mass is 326 g/mol. The summed E-state index contributed by atoms with van der Waals surface area (Å²) in [4.78, 5) is 37.7. The SMILES string of the molecule is CSCCC(NC(N)=O)C(=O)NCc1c(C)cc(C)[nH]c1=O. The van der Waals surface area contributed by atoms with Crippen LogP contribution in [-0.2, 0) is 11.3 Å². The van der Waals surface area contributed by atoms with Crippen LogP contribution in [0.3, 0.4) is 0 Å². The molecule has 22 heavy (non-hydrogen) atoms. The van der Waals surface area contributed by atoms with Gasteiger partial charge in [-0.3, -0.25) is 9.59 Å². The molecule has 5 N–H and O–H groups in total. The molecule has 0 aliphatic heterocycles. The van der Waals surface area contributed by atoms with Crippen LogP contribution in [0.2, 0.25) is 0 Å². The van der Waals surface area contributed by atoms with E-state index < -0.39 is 12.1 Å². The average Bonchev–Trinajstić information content (AvgIpc) is 2.41. The number of amides is 3. The quantitative estimate of drug-likeness (QED) is 0.580. The zero-order valence-corrected chi connectivity index (χ0v) is 13.8. The van der Waals surface area contributed by atoms with Crippen LogP contribution in [-0.4, -0.2) is 35.0 Å². The summed E-state index contributed by atoms with van der Waals surface area (Å²) in [7, 11) is 0. The highest BCUT2D eigenvalue weighted by atomic mass is 32.2. The van der Waals surface area contributed by atoms with Gasteiger partial charge in [0.15, 0.2) is 0 Å². The minimum atomic E-state index is -0.745. The third-order valence-electron chi connectivity index (χ3n) is 3.18. The summed E-state index contributed by atoms with van der Waals surface area (Å²) >= 11 is 1.57. The summed E-state index contributed by atoms with van der Waals surface area (Å²) in [5.74, 6) is 0.356. The van der Waals surface area contributed by atoms with Crippen LogP contribution in [0, 0.1) is 13.8 Å². The smallest absolute Gasteiger partial charge is 0.312 e. The minimum absolute atomic E-state index is 0.108. The third kappa shape index (κ3) is 5.44. The molecule has 8 heteroatoms. The number of primary amides is 1. The summed E-state index contributed by atoms with van der Waals surface area (Å²) in [5, 5.41) is 5.09. The van der Waals surface area contributed by atoms with Crippen molar-refractivity contribution in [1.29, 1.82) is 0 Å². The molecule has 1 unspecified atom stereocenters. The number of urea groups is 1. The standard InChI is InChI=1S/C14H22N4O3S/c1-8-6-9(2)17-12(19)10(8)7-16-13(20)11(4-5-22-3)18-14(15)21/h6,11H,4-5,7H2,1-3H3,(H,16,20)(H,17,19)(H3,15,18,21). The Morgan fingerprint density at radius 3 is 2.64 bits per heavy atom. The van der Waals surface area contributed by atoms with Crippen LogP contribution < -0.4 is 21.9 Å². The average molecular weight is 326 g/mol. The van der Waals surface area contributed by atoms with Gasteiger partial charge in [-0.15, -0.1) is 0 Å². The topological polar surface area (TPSA) is 117 Å². The molecule has 0 aliphatic carbocycles. The Morgan fingerprint density at radius 2 is 2.09 bits per heavy atom. The summed E-state index contributed by atoms with van der Waals surface area (Å²) in [5.41, 5.74) is 6.94. The number of thioether (sulfide) groups is 1. The van der Waals surface area contributed by atoms with Gasteiger partial charge in [0.25, 0.3) is 5.56 Å². The number of carbonyl (C=O) groups excluding carboxylic acids is 2. The zero-order valence-electron chi connectivity index (χ0n) is 13.0. The van der Waals surface area contributed by atoms with Gasteiger partial charge in [-0.1, -0.05) is 0 Å². The van der Waals surface area contributed by atoms with E-state index in [1.54, 1.807) is 18.7 Å². The van der Waals surface area contributed by atoms with Crippen molar-refractivity contribution in [2.75, 3.05) is 12.0 Å². The molecule has 0 fully saturated rings. The highest BCUT2D eigenvalue weighted by Gasteiger charge is 2.19. The first-order chi connectivity index (χ1) is 10.3. The number of hydrogen-bond acceptors (Lipinski definition) is 4. The molecule has 1 aromatic rings. The van der Waals surface area contributed by atoms with Gasteiger partial charge in [0.2, 0.25) is 5.91 Å². The van der Waals surface area contributed by atoms with Crippen LogP contribution in [0.15, 0.2) is 10.9 Å². The molecule has 0 saturated carbocycles.